The molecule has 0 saturated carbocycles. The first-order chi connectivity index (χ1) is 10.2. The average Bonchev–Trinajstić information content (AvgIpc) is 2.36. The van der Waals surface area contributed by atoms with Crippen molar-refractivity contribution in [2.75, 3.05) is 33.2 Å². The van der Waals surface area contributed by atoms with Crippen molar-refractivity contribution in [1.82, 2.24) is 15.5 Å². The zero-order chi connectivity index (χ0) is 17.2. The number of nitrogens with zero attached hydrogens (tertiary/aromatic N) is 2. The zero-order valence-corrected chi connectivity index (χ0v) is 15.3. The van der Waals surface area contributed by atoms with Gasteiger partial charge >= 0.3 is 6.09 Å². The van der Waals surface area contributed by atoms with Gasteiger partial charge in [-0.25, -0.2) is 4.79 Å². The summed E-state index contributed by atoms with van der Waals surface area (Å²) in [6.45, 7) is 14.8. The van der Waals surface area contributed by atoms with Crippen LogP contribution in [0.5, 0.6) is 0 Å². The van der Waals surface area contributed by atoms with Crippen LogP contribution in [-0.2, 0) is 4.74 Å². The van der Waals surface area contributed by atoms with Crippen LogP contribution in [0.25, 0.3) is 0 Å². The number of guanidine groups is 1. The predicted molar refractivity (Wildman–Crippen MR) is 92.3 cm³/mol. The van der Waals surface area contributed by atoms with E-state index in [-0.39, 0.29) is 6.09 Å². The maximum absolute atomic E-state index is 11.8. The molecule has 0 aromatic rings. The molecule has 0 saturated heterocycles. The highest BCUT2D eigenvalue weighted by molar-refractivity contribution is 5.79. The minimum Gasteiger partial charge on any atom is -0.444 e. The van der Waals surface area contributed by atoms with E-state index in [1.807, 2.05) is 27.7 Å². The zero-order valence-electron chi connectivity index (χ0n) is 15.3. The number of ether oxygens (including phenoxy) is 1. The Morgan fingerprint density at radius 3 is 2.41 bits per heavy atom. The summed E-state index contributed by atoms with van der Waals surface area (Å²) >= 11 is 0. The van der Waals surface area contributed by atoms with E-state index >= 15 is 0 Å². The van der Waals surface area contributed by atoms with Crippen LogP contribution in [-0.4, -0.2) is 55.8 Å². The van der Waals surface area contributed by atoms with E-state index in [1.165, 1.54) is 0 Å². The fraction of sp³-hybridized carbons (Fsp3) is 0.875. The number of nitrogens with one attached hydrogen (secondary N) is 2. The third kappa shape index (κ3) is 11.2. The summed E-state index contributed by atoms with van der Waals surface area (Å²) < 4.78 is 5.31. The van der Waals surface area contributed by atoms with Crippen LogP contribution < -0.4 is 10.6 Å². The number of hydrogen-bond donors (Lipinski definition) is 2. The summed E-state index contributed by atoms with van der Waals surface area (Å²) in [5.74, 6) is 1.44. The summed E-state index contributed by atoms with van der Waals surface area (Å²) in [7, 11) is 1.73. The normalized spacial score (nSPS) is 12.3. The lowest BCUT2D eigenvalue weighted by Crippen LogP contribution is -2.43. The van der Waals surface area contributed by atoms with E-state index in [4.69, 9.17) is 4.74 Å². The molecule has 1 amide bonds. The molecule has 0 radical (unpaired) electrons. The van der Waals surface area contributed by atoms with Crippen molar-refractivity contribution in [2.45, 2.75) is 53.6 Å². The molecule has 22 heavy (non-hydrogen) atoms. The van der Waals surface area contributed by atoms with Gasteiger partial charge in [-0.2, -0.15) is 0 Å². The van der Waals surface area contributed by atoms with Gasteiger partial charge in [0.05, 0.1) is 0 Å². The Morgan fingerprint density at radius 2 is 1.91 bits per heavy atom. The van der Waals surface area contributed by atoms with Gasteiger partial charge in [0.25, 0.3) is 0 Å². The van der Waals surface area contributed by atoms with Crippen LogP contribution >= 0.6 is 0 Å². The van der Waals surface area contributed by atoms with Crippen LogP contribution in [0.3, 0.4) is 0 Å². The topological polar surface area (TPSA) is 66.0 Å². The smallest absolute Gasteiger partial charge is 0.410 e. The van der Waals surface area contributed by atoms with E-state index in [0.717, 1.165) is 25.5 Å². The second-order valence-corrected chi connectivity index (χ2v) is 6.77. The van der Waals surface area contributed by atoms with E-state index in [9.17, 15) is 4.79 Å². The minimum atomic E-state index is -0.466. The number of hydrogen-bond acceptors (Lipinski definition) is 3. The molecule has 0 bridgehead atoms. The van der Waals surface area contributed by atoms with Gasteiger partial charge in [0.15, 0.2) is 5.96 Å². The highest BCUT2D eigenvalue weighted by Crippen LogP contribution is 2.08. The molecule has 0 aromatic heterocycles. The van der Waals surface area contributed by atoms with Gasteiger partial charge in [-0.3, -0.25) is 4.99 Å². The number of likely N-dealkylation sites (N-methyl/N-ethyl adjacent to an activating group) is 1. The number of carbonyl (C=O) groups is 1. The van der Waals surface area contributed by atoms with E-state index in [1.54, 1.807) is 11.9 Å². The molecule has 130 valence electrons. The Labute approximate surface area is 135 Å². The van der Waals surface area contributed by atoms with Gasteiger partial charge in [0.2, 0.25) is 0 Å². The molecule has 0 aliphatic heterocycles. The fourth-order valence-electron chi connectivity index (χ4n) is 1.55. The first-order valence-corrected chi connectivity index (χ1v) is 8.12. The molecule has 0 unspecified atom stereocenters. The maximum atomic E-state index is 11.8. The van der Waals surface area contributed by atoms with Crippen molar-refractivity contribution in [1.29, 1.82) is 0 Å². The second-order valence-electron chi connectivity index (χ2n) is 6.77. The monoisotopic (exact) mass is 314 g/mol. The largest absolute Gasteiger partial charge is 0.444 e. The molecule has 0 aliphatic carbocycles. The number of rotatable bonds is 7. The van der Waals surface area contributed by atoms with Crippen LogP contribution in [0.4, 0.5) is 4.79 Å². The summed E-state index contributed by atoms with van der Waals surface area (Å²) in [6.07, 6.45) is 0.755. The first-order valence-electron chi connectivity index (χ1n) is 8.12. The molecule has 6 nitrogen and oxygen atoms in total. The van der Waals surface area contributed by atoms with Gasteiger partial charge in [-0.05, 0) is 40.0 Å². The standard InChI is InChI=1S/C16H34N4O2/c1-8-17-14(18-10-9-13(2)3)19-11-12-20(7)15(21)22-16(4,5)6/h13H,8-12H2,1-7H3,(H2,17,18,19). The predicted octanol–water partition coefficient (Wildman–Crippen LogP) is 2.45. The van der Waals surface area contributed by atoms with Gasteiger partial charge in [-0.1, -0.05) is 13.8 Å². The third-order valence-electron chi connectivity index (χ3n) is 2.77. The van der Waals surface area contributed by atoms with Crippen LogP contribution in [0.1, 0.15) is 48.0 Å². The molecule has 6 heteroatoms. The number of aliphatic imine (C=N–C) groups is 1. The van der Waals surface area contributed by atoms with E-state index in [2.05, 4.69) is 29.5 Å². The quantitative estimate of drug-likeness (QED) is 0.559. The lowest BCUT2D eigenvalue weighted by molar-refractivity contribution is 0.0302. The fourth-order valence-corrected chi connectivity index (χ4v) is 1.55. The molecule has 0 atom stereocenters. The maximum Gasteiger partial charge on any atom is 0.410 e. The molecule has 0 spiro atoms. The van der Waals surface area contributed by atoms with Crippen molar-refractivity contribution in [3.63, 3.8) is 0 Å². The Bertz CT molecular complexity index is 349. The summed E-state index contributed by atoms with van der Waals surface area (Å²) in [5, 5.41) is 6.43. The van der Waals surface area contributed by atoms with Crippen LogP contribution in [0.2, 0.25) is 0 Å². The van der Waals surface area contributed by atoms with E-state index in [0.29, 0.717) is 19.0 Å². The Morgan fingerprint density at radius 1 is 1.27 bits per heavy atom. The molecule has 0 aromatic carbocycles. The van der Waals surface area contributed by atoms with Crippen molar-refractivity contribution in [2.24, 2.45) is 10.9 Å². The Kier molecular flexibility index (Phi) is 9.61. The average molecular weight is 314 g/mol. The van der Waals surface area contributed by atoms with Crippen molar-refractivity contribution < 1.29 is 9.53 Å². The molecule has 0 heterocycles. The molecular formula is C16H34N4O2. The number of carbonyl (C=O) groups excluding carboxylic acids is 1. The summed E-state index contributed by atoms with van der Waals surface area (Å²) in [5.41, 5.74) is -0.466. The molecule has 0 aliphatic rings. The molecule has 0 rings (SSSR count). The SMILES string of the molecule is CCNC(=NCCC(C)C)NCCN(C)C(=O)OC(C)(C)C. The highest BCUT2D eigenvalue weighted by Gasteiger charge is 2.19. The lowest BCUT2D eigenvalue weighted by Gasteiger charge is -2.24. The Balaban J connectivity index is 4.18. The van der Waals surface area contributed by atoms with Gasteiger partial charge < -0.3 is 20.3 Å². The minimum absolute atomic E-state index is 0.309. The lowest BCUT2D eigenvalue weighted by atomic mass is 10.1. The molecule has 2 N–H and O–H groups in total. The van der Waals surface area contributed by atoms with E-state index < -0.39 is 5.60 Å². The number of amides is 1. The van der Waals surface area contributed by atoms with Crippen LogP contribution in [0, 0.1) is 5.92 Å². The van der Waals surface area contributed by atoms with Crippen molar-refractivity contribution in [3.05, 3.63) is 0 Å². The van der Waals surface area contributed by atoms with Crippen molar-refractivity contribution in [3.8, 4) is 0 Å². The molecule has 0 fully saturated rings. The summed E-state index contributed by atoms with van der Waals surface area (Å²) in [6, 6.07) is 0. The van der Waals surface area contributed by atoms with Gasteiger partial charge in [-0.15, -0.1) is 0 Å². The first kappa shape index (κ1) is 20.5. The Hall–Kier alpha value is -1.46. The van der Waals surface area contributed by atoms with Gasteiger partial charge in [0, 0.05) is 33.2 Å². The third-order valence-corrected chi connectivity index (χ3v) is 2.77. The second kappa shape index (κ2) is 10.3. The van der Waals surface area contributed by atoms with Gasteiger partial charge in [0.1, 0.15) is 5.60 Å². The molecular weight excluding hydrogens is 280 g/mol. The highest BCUT2D eigenvalue weighted by atomic mass is 16.6. The van der Waals surface area contributed by atoms with Crippen LogP contribution in [0.15, 0.2) is 4.99 Å². The van der Waals surface area contributed by atoms with Crippen molar-refractivity contribution >= 4 is 12.1 Å². The summed E-state index contributed by atoms with van der Waals surface area (Å²) in [4.78, 5) is 17.9.